The van der Waals surface area contributed by atoms with Crippen LogP contribution < -0.4 is 0 Å². The van der Waals surface area contributed by atoms with E-state index in [9.17, 15) is 9.90 Å². The normalized spacial score (nSPS) is 17.6. The molecule has 0 bridgehead atoms. The number of aromatic hydroxyl groups is 1. The molecule has 2 aliphatic rings. The second-order valence-electron chi connectivity index (χ2n) is 7.91. The Balaban J connectivity index is 1.32. The summed E-state index contributed by atoms with van der Waals surface area (Å²) in [5.74, 6) is 0.142. The van der Waals surface area contributed by atoms with Crippen LogP contribution in [0.4, 0.5) is 0 Å². The van der Waals surface area contributed by atoms with Crippen molar-refractivity contribution >= 4 is 5.91 Å². The molecule has 2 aromatic carbocycles. The van der Waals surface area contributed by atoms with E-state index in [-0.39, 0.29) is 17.1 Å². The average molecular weight is 373 g/mol. The SMILES string of the molecule is O=C(c1cc(-c2ccccc2O)n[nH]1)N1CCC2(CCc3ccccc32)CC1. The summed E-state index contributed by atoms with van der Waals surface area (Å²) in [6.45, 7) is 1.52. The van der Waals surface area contributed by atoms with Crippen LogP contribution in [-0.2, 0) is 11.8 Å². The van der Waals surface area contributed by atoms with Crippen LogP contribution in [0.2, 0.25) is 0 Å². The Bertz CT molecular complexity index is 1030. The highest BCUT2D eigenvalue weighted by Gasteiger charge is 2.41. The number of carbonyl (C=O) groups is 1. The summed E-state index contributed by atoms with van der Waals surface area (Å²) < 4.78 is 0. The first-order valence-corrected chi connectivity index (χ1v) is 9.88. The Morgan fingerprint density at radius 2 is 1.79 bits per heavy atom. The molecule has 1 aliphatic carbocycles. The van der Waals surface area contributed by atoms with E-state index in [4.69, 9.17) is 0 Å². The van der Waals surface area contributed by atoms with Crippen molar-refractivity contribution in [3.8, 4) is 17.0 Å². The summed E-state index contributed by atoms with van der Waals surface area (Å²) in [5.41, 5.74) is 4.88. The Morgan fingerprint density at radius 1 is 1.04 bits per heavy atom. The van der Waals surface area contributed by atoms with E-state index in [0.29, 0.717) is 17.0 Å². The van der Waals surface area contributed by atoms with Crippen LogP contribution in [0.5, 0.6) is 5.75 Å². The molecule has 1 aliphatic heterocycles. The minimum atomic E-state index is -0.0182. The van der Waals surface area contributed by atoms with Crippen LogP contribution in [0.15, 0.2) is 54.6 Å². The zero-order valence-electron chi connectivity index (χ0n) is 15.7. The van der Waals surface area contributed by atoms with Crippen LogP contribution >= 0.6 is 0 Å². The molecule has 5 nitrogen and oxygen atoms in total. The third-order valence-electron chi connectivity index (χ3n) is 6.46. The molecule has 0 atom stereocenters. The zero-order chi connectivity index (χ0) is 19.1. The van der Waals surface area contributed by atoms with E-state index in [1.807, 2.05) is 11.0 Å². The van der Waals surface area contributed by atoms with Gasteiger partial charge in [0.05, 0.1) is 5.69 Å². The molecule has 3 aromatic rings. The number of benzene rings is 2. The van der Waals surface area contributed by atoms with Gasteiger partial charge in [0.25, 0.3) is 5.91 Å². The average Bonchev–Trinajstić information content (AvgIpc) is 3.35. The molecule has 28 heavy (non-hydrogen) atoms. The molecule has 0 unspecified atom stereocenters. The van der Waals surface area contributed by atoms with Gasteiger partial charge in [-0.25, -0.2) is 0 Å². The maximum Gasteiger partial charge on any atom is 0.271 e. The topological polar surface area (TPSA) is 69.2 Å². The number of H-pyrrole nitrogens is 1. The number of rotatable bonds is 2. The smallest absolute Gasteiger partial charge is 0.271 e. The molecule has 1 spiro atoms. The van der Waals surface area contributed by atoms with Crippen LogP contribution in [0, 0.1) is 0 Å². The quantitative estimate of drug-likeness (QED) is 0.716. The van der Waals surface area contributed by atoms with Gasteiger partial charge < -0.3 is 10.0 Å². The minimum absolute atomic E-state index is 0.0182. The number of aryl methyl sites for hydroxylation is 1. The Labute approximate surface area is 164 Å². The van der Waals surface area contributed by atoms with Gasteiger partial charge in [0.1, 0.15) is 11.4 Å². The van der Waals surface area contributed by atoms with Gasteiger partial charge in [-0.05, 0) is 60.4 Å². The predicted octanol–water partition coefficient (Wildman–Crippen LogP) is 3.90. The maximum atomic E-state index is 13.0. The van der Waals surface area contributed by atoms with Crippen LogP contribution in [-0.4, -0.2) is 39.2 Å². The van der Waals surface area contributed by atoms with Crippen molar-refractivity contribution in [2.45, 2.75) is 31.1 Å². The largest absolute Gasteiger partial charge is 0.507 e. The number of phenols is 1. The number of carbonyl (C=O) groups excluding carboxylic acids is 1. The van der Waals surface area contributed by atoms with Crippen molar-refractivity contribution in [1.82, 2.24) is 15.1 Å². The number of likely N-dealkylation sites (tertiary alicyclic amines) is 1. The lowest BCUT2D eigenvalue weighted by Crippen LogP contribution is -2.44. The van der Waals surface area contributed by atoms with Crippen molar-refractivity contribution in [2.75, 3.05) is 13.1 Å². The predicted molar refractivity (Wildman–Crippen MR) is 107 cm³/mol. The number of hydrogen-bond donors (Lipinski definition) is 2. The first-order chi connectivity index (χ1) is 13.7. The summed E-state index contributed by atoms with van der Waals surface area (Å²) in [4.78, 5) is 14.9. The van der Waals surface area contributed by atoms with E-state index >= 15 is 0 Å². The second-order valence-corrected chi connectivity index (χ2v) is 7.91. The monoisotopic (exact) mass is 373 g/mol. The first kappa shape index (κ1) is 17.0. The van der Waals surface area contributed by atoms with E-state index in [0.717, 1.165) is 32.4 Å². The molecule has 142 valence electrons. The summed E-state index contributed by atoms with van der Waals surface area (Å²) in [6.07, 6.45) is 4.36. The fourth-order valence-electron chi connectivity index (χ4n) is 4.85. The Hall–Kier alpha value is -3.08. The van der Waals surface area contributed by atoms with E-state index in [2.05, 4.69) is 34.5 Å². The van der Waals surface area contributed by atoms with Crippen molar-refractivity contribution < 1.29 is 9.90 Å². The summed E-state index contributed by atoms with van der Waals surface area (Å²) in [5, 5.41) is 17.1. The van der Waals surface area contributed by atoms with Gasteiger partial charge >= 0.3 is 0 Å². The third kappa shape index (κ3) is 2.70. The number of aromatic nitrogens is 2. The lowest BCUT2D eigenvalue weighted by molar-refractivity contribution is 0.0660. The molecule has 5 heteroatoms. The Kier molecular flexibility index (Phi) is 3.97. The van der Waals surface area contributed by atoms with Gasteiger partial charge in [0.15, 0.2) is 0 Å². The first-order valence-electron chi connectivity index (χ1n) is 9.88. The number of nitrogens with zero attached hydrogens (tertiary/aromatic N) is 2. The summed E-state index contributed by atoms with van der Waals surface area (Å²) in [6, 6.07) is 17.5. The molecule has 1 amide bonds. The van der Waals surface area contributed by atoms with Gasteiger partial charge in [-0.15, -0.1) is 0 Å². The molecule has 1 fully saturated rings. The highest BCUT2D eigenvalue weighted by atomic mass is 16.3. The zero-order valence-corrected chi connectivity index (χ0v) is 15.7. The molecule has 5 rings (SSSR count). The van der Waals surface area contributed by atoms with Crippen molar-refractivity contribution in [1.29, 1.82) is 0 Å². The van der Waals surface area contributed by atoms with E-state index < -0.39 is 0 Å². The molecule has 1 aromatic heterocycles. The van der Waals surface area contributed by atoms with Crippen molar-refractivity contribution in [3.05, 3.63) is 71.4 Å². The molecule has 0 radical (unpaired) electrons. The number of hydrogen-bond acceptors (Lipinski definition) is 3. The van der Waals surface area contributed by atoms with Gasteiger partial charge in [-0.1, -0.05) is 36.4 Å². The lowest BCUT2D eigenvalue weighted by Gasteiger charge is -2.40. The fourth-order valence-corrected chi connectivity index (χ4v) is 4.85. The molecule has 2 heterocycles. The molecule has 1 saturated heterocycles. The Morgan fingerprint density at radius 3 is 2.61 bits per heavy atom. The highest BCUT2D eigenvalue weighted by molar-refractivity contribution is 5.93. The van der Waals surface area contributed by atoms with Gasteiger partial charge in [0, 0.05) is 18.7 Å². The number of para-hydroxylation sites is 1. The molecular formula is C23H23N3O2. The molecule has 2 N–H and O–H groups in total. The fraction of sp³-hybridized carbons (Fsp3) is 0.304. The minimum Gasteiger partial charge on any atom is -0.507 e. The van der Waals surface area contributed by atoms with Crippen LogP contribution in [0.3, 0.4) is 0 Å². The van der Waals surface area contributed by atoms with Crippen LogP contribution in [0.1, 0.15) is 40.9 Å². The van der Waals surface area contributed by atoms with Crippen LogP contribution in [0.25, 0.3) is 11.3 Å². The number of nitrogens with one attached hydrogen (secondary N) is 1. The van der Waals surface area contributed by atoms with Gasteiger partial charge in [-0.3, -0.25) is 9.89 Å². The number of amides is 1. The van der Waals surface area contributed by atoms with E-state index in [1.165, 1.54) is 17.5 Å². The standard InChI is InChI=1S/C23H23N3O2/c27-21-8-4-2-6-17(21)19-15-20(25-24-19)22(28)26-13-11-23(12-14-26)10-9-16-5-1-3-7-18(16)23/h1-8,15,27H,9-14H2,(H,24,25). The van der Waals surface area contributed by atoms with E-state index in [1.54, 1.807) is 24.3 Å². The number of phenolic OH excluding ortho intramolecular Hbond substituents is 1. The number of aromatic amines is 1. The third-order valence-corrected chi connectivity index (χ3v) is 6.46. The second kappa shape index (κ2) is 6.51. The highest BCUT2D eigenvalue weighted by Crippen LogP contribution is 2.46. The number of fused-ring (bicyclic) bond motifs is 2. The van der Waals surface area contributed by atoms with Crippen molar-refractivity contribution in [2.24, 2.45) is 0 Å². The maximum absolute atomic E-state index is 13.0. The number of piperidine rings is 1. The molecular weight excluding hydrogens is 350 g/mol. The molecule has 0 saturated carbocycles. The van der Waals surface area contributed by atoms with Gasteiger partial charge in [0.2, 0.25) is 0 Å². The lowest BCUT2D eigenvalue weighted by atomic mass is 9.74. The summed E-state index contributed by atoms with van der Waals surface area (Å²) in [7, 11) is 0. The van der Waals surface area contributed by atoms with Crippen molar-refractivity contribution in [3.63, 3.8) is 0 Å². The van der Waals surface area contributed by atoms with Gasteiger partial charge in [-0.2, -0.15) is 5.10 Å². The summed E-state index contributed by atoms with van der Waals surface area (Å²) >= 11 is 0.